The third-order valence-electron chi connectivity index (χ3n) is 1.96. The van der Waals surface area contributed by atoms with Crippen LogP contribution < -0.4 is 11.2 Å². The third kappa shape index (κ3) is 4.42. The molecule has 1 aromatic heterocycles. The van der Waals surface area contributed by atoms with Crippen molar-refractivity contribution in [2.24, 2.45) is 4.99 Å². The summed E-state index contributed by atoms with van der Waals surface area (Å²) in [4.78, 5) is 39.4. The number of aromatic nitrogens is 2. The van der Waals surface area contributed by atoms with Gasteiger partial charge in [0.15, 0.2) is 0 Å². The number of hydrogen-bond donors (Lipinski definition) is 2. The molecule has 6 nitrogen and oxygen atoms in total. The lowest BCUT2D eigenvalue weighted by molar-refractivity contribution is -0.117. The van der Waals surface area contributed by atoms with Gasteiger partial charge in [0.05, 0.1) is 0 Å². The molecule has 0 spiro atoms. The van der Waals surface area contributed by atoms with Crippen molar-refractivity contribution in [2.45, 2.75) is 20.3 Å². The molecule has 0 fully saturated rings. The molecule has 6 heteroatoms. The Kier molecular flexibility index (Phi) is 4.33. The minimum atomic E-state index is -0.467. The van der Waals surface area contributed by atoms with Gasteiger partial charge in [0.25, 0.3) is 5.56 Å². The van der Waals surface area contributed by atoms with Gasteiger partial charge in [-0.1, -0.05) is 6.08 Å². The summed E-state index contributed by atoms with van der Waals surface area (Å²) in [5.74, 6) is -0.0370. The zero-order valence-electron chi connectivity index (χ0n) is 9.61. The van der Waals surface area contributed by atoms with E-state index in [4.69, 9.17) is 0 Å². The number of aryl methyl sites for hydroxylation is 1. The van der Waals surface area contributed by atoms with Gasteiger partial charge in [-0.25, -0.2) is 9.79 Å². The minimum absolute atomic E-state index is 0.0370. The number of carbonyl (C=O) groups excluding carboxylic acids is 1. The SMILES string of the molecule is CC1=NC(=O)CC=C1.Cc1c[nH]c(=O)[nH]c1=O. The smallest absolute Gasteiger partial charge is 0.314 e. The number of aliphatic imine (C=N–C) groups is 1. The van der Waals surface area contributed by atoms with E-state index in [2.05, 4.69) is 15.0 Å². The van der Waals surface area contributed by atoms with Gasteiger partial charge in [0, 0.05) is 23.9 Å². The molecule has 90 valence electrons. The fourth-order valence-corrected chi connectivity index (χ4v) is 1.09. The highest BCUT2D eigenvalue weighted by molar-refractivity contribution is 6.03. The van der Waals surface area contributed by atoms with Crippen molar-refractivity contribution >= 4 is 11.6 Å². The highest BCUT2D eigenvalue weighted by Crippen LogP contribution is 1.96. The lowest BCUT2D eigenvalue weighted by Gasteiger charge is -1.95. The van der Waals surface area contributed by atoms with Crippen LogP contribution in [0.2, 0.25) is 0 Å². The summed E-state index contributed by atoms with van der Waals surface area (Å²) < 4.78 is 0. The number of carbonyl (C=O) groups is 1. The molecule has 0 saturated carbocycles. The standard InChI is InChI=1S/C6H7NO.C5H6N2O2/c1-5-3-2-4-6(8)7-5;1-3-2-6-5(9)7-4(3)8/h2-3H,4H2,1H3;2H,1H3,(H2,6,7,8,9). The van der Waals surface area contributed by atoms with Gasteiger partial charge in [-0.05, 0) is 19.9 Å². The van der Waals surface area contributed by atoms with Crippen LogP contribution in [0.15, 0.2) is 32.9 Å². The van der Waals surface area contributed by atoms with Crippen LogP contribution >= 0.6 is 0 Å². The van der Waals surface area contributed by atoms with Crippen molar-refractivity contribution in [3.63, 3.8) is 0 Å². The third-order valence-corrected chi connectivity index (χ3v) is 1.96. The summed E-state index contributed by atoms with van der Waals surface area (Å²) in [6.07, 6.45) is 5.52. The Morgan fingerprint density at radius 3 is 2.35 bits per heavy atom. The van der Waals surface area contributed by atoms with Gasteiger partial charge in [-0.2, -0.15) is 0 Å². The average Bonchev–Trinajstić information content (AvgIpc) is 2.24. The summed E-state index contributed by atoms with van der Waals surface area (Å²) in [5.41, 5.74) is 0.514. The molecule has 2 heterocycles. The van der Waals surface area contributed by atoms with E-state index >= 15 is 0 Å². The topological polar surface area (TPSA) is 95.2 Å². The van der Waals surface area contributed by atoms with Gasteiger partial charge in [-0.3, -0.25) is 14.6 Å². The predicted octanol–water partition coefficient (Wildman–Crippen LogP) is 0.305. The molecular formula is C11H13N3O3. The van der Waals surface area contributed by atoms with Crippen LogP contribution in [-0.2, 0) is 4.79 Å². The maximum atomic E-state index is 10.6. The van der Waals surface area contributed by atoms with Crippen molar-refractivity contribution < 1.29 is 4.79 Å². The molecule has 0 bridgehead atoms. The maximum absolute atomic E-state index is 10.6. The summed E-state index contributed by atoms with van der Waals surface area (Å²) in [6.45, 7) is 3.43. The van der Waals surface area contributed by atoms with Gasteiger partial charge < -0.3 is 4.98 Å². The van der Waals surface area contributed by atoms with Crippen molar-refractivity contribution in [2.75, 3.05) is 0 Å². The van der Waals surface area contributed by atoms with E-state index in [9.17, 15) is 14.4 Å². The number of aromatic amines is 2. The summed E-state index contributed by atoms with van der Waals surface area (Å²) >= 11 is 0. The number of rotatable bonds is 0. The molecule has 2 rings (SSSR count). The molecule has 1 aromatic rings. The minimum Gasteiger partial charge on any atom is -0.314 e. The molecule has 1 aliphatic heterocycles. The average molecular weight is 235 g/mol. The number of allylic oxidation sites excluding steroid dienone is 1. The summed E-state index contributed by atoms with van der Waals surface area (Å²) in [6, 6.07) is 0. The van der Waals surface area contributed by atoms with Crippen LogP contribution in [-0.4, -0.2) is 21.6 Å². The molecule has 0 radical (unpaired) electrons. The highest BCUT2D eigenvalue weighted by Gasteiger charge is 1.99. The maximum Gasteiger partial charge on any atom is 0.325 e. The van der Waals surface area contributed by atoms with Crippen molar-refractivity contribution in [3.05, 3.63) is 44.8 Å². The molecule has 2 N–H and O–H groups in total. The molecule has 0 unspecified atom stereocenters. The van der Waals surface area contributed by atoms with E-state index in [1.807, 2.05) is 19.1 Å². The largest absolute Gasteiger partial charge is 0.325 e. The van der Waals surface area contributed by atoms with Crippen LogP contribution in [0.5, 0.6) is 0 Å². The van der Waals surface area contributed by atoms with Crippen molar-refractivity contribution in [3.8, 4) is 0 Å². The second kappa shape index (κ2) is 5.74. The first-order valence-corrected chi connectivity index (χ1v) is 5.02. The summed E-state index contributed by atoms with van der Waals surface area (Å²) in [7, 11) is 0. The number of nitrogens with zero attached hydrogens (tertiary/aromatic N) is 1. The van der Waals surface area contributed by atoms with E-state index in [-0.39, 0.29) is 11.5 Å². The normalized spacial score (nSPS) is 13.8. The van der Waals surface area contributed by atoms with E-state index in [0.717, 1.165) is 5.71 Å². The highest BCUT2D eigenvalue weighted by atomic mass is 16.2. The molecule has 0 saturated heterocycles. The lowest BCUT2D eigenvalue weighted by atomic mass is 10.2. The molecule has 17 heavy (non-hydrogen) atoms. The first kappa shape index (κ1) is 12.8. The second-order valence-electron chi connectivity index (χ2n) is 3.51. The Balaban J connectivity index is 0.000000171. The van der Waals surface area contributed by atoms with Crippen LogP contribution in [0, 0.1) is 6.92 Å². The number of dihydropyridines is 1. The Labute approximate surface area is 97.1 Å². The van der Waals surface area contributed by atoms with Crippen LogP contribution in [0.1, 0.15) is 18.9 Å². The Morgan fingerprint density at radius 1 is 1.24 bits per heavy atom. The zero-order valence-corrected chi connectivity index (χ0v) is 9.61. The lowest BCUT2D eigenvalue weighted by Crippen LogP contribution is -2.22. The number of hydrogen-bond acceptors (Lipinski definition) is 3. The fraction of sp³-hybridized carbons (Fsp3) is 0.273. The molecule has 0 aliphatic carbocycles. The van der Waals surface area contributed by atoms with E-state index in [1.165, 1.54) is 6.20 Å². The zero-order chi connectivity index (χ0) is 12.8. The fourth-order valence-electron chi connectivity index (χ4n) is 1.09. The number of amides is 1. The van der Waals surface area contributed by atoms with Gasteiger partial charge >= 0.3 is 5.69 Å². The quantitative estimate of drug-likeness (QED) is 0.677. The first-order chi connectivity index (χ1) is 7.99. The Morgan fingerprint density at radius 2 is 1.94 bits per heavy atom. The molecular weight excluding hydrogens is 222 g/mol. The van der Waals surface area contributed by atoms with Crippen LogP contribution in [0.3, 0.4) is 0 Å². The van der Waals surface area contributed by atoms with Gasteiger partial charge in [-0.15, -0.1) is 0 Å². The van der Waals surface area contributed by atoms with Crippen molar-refractivity contribution in [1.29, 1.82) is 0 Å². The summed E-state index contributed by atoms with van der Waals surface area (Å²) in [5, 5.41) is 0. The molecule has 0 aromatic carbocycles. The Bertz CT molecular complexity index is 578. The van der Waals surface area contributed by atoms with Crippen LogP contribution in [0.4, 0.5) is 0 Å². The van der Waals surface area contributed by atoms with E-state index < -0.39 is 5.69 Å². The molecule has 0 atom stereocenters. The number of H-pyrrole nitrogens is 2. The number of nitrogens with one attached hydrogen (secondary N) is 2. The predicted molar refractivity (Wildman–Crippen MR) is 64.3 cm³/mol. The Hall–Kier alpha value is -2.24. The van der Waals surface area contributed by atoms with E-state index in [1.54, 1.807) is 6.92 Å². The van der Waals surface area contributed by atoms with Crippen molar-refractivity contribution in [1.82, 2.24) is 9.97 Å². The first-order valence-electron chi connectivity index (χ1n) is 5.02. The van der Waals surface area contributed by atoms with Gasteiger partial charge in [0.2, 0.25) is 5.91 Å². The van der Waals surface area contributed by atoms with Gasteiger partial charge in [0.1, 0.15) is 0 Å². The monoisotopic (exact) mass is 235 g/mol. The van der Waals surface area contributed by atoms with E-state index in [0.29, 0.717) is 12.0 Å². The molecule has 1 aliphatic rings. The second-order valence-corrected chi connectivity index (χ2v) is 3.51. The van der Waals surface area contributed by atoms with Crippen LogP contribution in [0.25, 0.3) is 0 Å². The molecule has 1 amide bonds.